The van der Waals surface area contributed by atoms with Crippen molar-refractivity contribution in [1.29, 1.82) is 0 Å². The Kier molecular flexibility index (Phi) is 4.46. The number of nitrogens with one attached hydrogen (secondary N) is 2. The minimum Gasteiger partial charge on any atom is -0.334 e. The second-order valence-corrected chi connectivity index (χ2v) is 4.68. The van der Waals surface area contributed by atoms with Gasteiger partial charge in [0, 0.05) is 22.8 Å². The quantitative estimate of drug-likeness (QED) is 0.910. The van der Waals surface area contributed by atoms with Crippen LogP contribution in [0.25, 0.3) is 0 Å². The van der Waals surface area contributed by atoms with Crippen molar-refractivity contribution in [2.75, 3.05) is 5.32 Å². The summed E-state index contributed by atoms with van der Waals surface area (Å²) in [4.78, 5) is 15.6. The Morgan fingerprint density at radius 2 is 2.05 bits per heavy atom. The van der Waals surface area contributed by atoms with Crippen LogP contribution in [0.1, 0.15) is 5.56 Å². The number of hydrogen-bond acceptors (Lipinski definition) is 2. The third kappa shape index (κ3) is 4.03. The fourth-order valence-electron chi connectivity index (χ4n) is 1.43. The first-order valence-electron chi connectivity index (χ1n) is 5.55. The van der Waals surface area contributed by atoms with Crippen molar-refractivity contribution in [3.05, 3.63) is 58.4 Å². The SMILES string of the molecule is O=C(NCc1ccccc1F)Nc1ccc(Br)cn1. The molecule has 19 heavy (non-hydrogen) atoms. The lowest BCUT2D eigenvalue weighted by Crippen LogP contribution is -2.28. The van der Waals surface area contributed by atoms with Crippen LogP contribution >= 0.6 is 15.9 Å². The van der Waals surface area contributed by atoms with Crippen molar-refractivity contribution < 1.29 is 9.18 Å². The second kappa shape index (κ2) is 6.29. The number of carbonyl (C=O) groups excluding carboxylic acids is 1. The van der Waals surface area contributed by atoms with Gasteiger partial charge in [0.25, 0.3) is 0 Å². The van der Waals surface area contributed by atoms with Gasteiger partial charge in [-0.15, -0.1) is 0 Å². The summed E-state index contributed by atoms with van der Waals surface area (Å²) in [5.41, 5.74) is 0.432. The number of urea groups is 1. The summed E-state index contributed by atoms with van der Waals surface area (Å²) in [6, 6.07) is 9.28. The largest absolute Gasteiger partial charge is 0.334 e. The normalized spacial score (nSPS) is 10.0. The number of hydrogen-bond donors (Lipinski definition) is 2. The van der Waals surface area contributed by atoms with Gasteiger partial charge >= 0.3 is 6.03 Å². The number of halogens is 2. The molecule has 0 aliphatic carbocycles. The maximum absolute atomic E-state index is 13.3. The zero-order valence-electron chi connectivity index (χ0n) is 9.86. The van der Waals surface area contributed by atoms with Crippen LogP contribution in [0.3, 0.4) is 0 Å². The molecule has 1 heterocycles. The van der Waals surface area contributed by atoms with Crippen LogP contribution in [0.4, 0.5) is 15.0 Å². The van der Waals surface area contributed by atoms with E-state index in [9.17, 15) is 9.18 Å². The molecule has 2 N–H and O–H groups in total. The average molecular weight is 324 g/mol. The van der Waals surface area contributed by atoms with E-state index in [1.165, 1.54) is 6.07 Å². The highest BCUT2D eigenvalue weighted by molar-refractivity contribution is 9.10. The molecule has 0 saturated carbocycles. The van der Waals surface area contributed by atoms with E-state index < -0.39 is 6.03 Å². The number of anilines is 1. The zero-order chi connectivity index (χ0) is 13.7. The summed E-state index contributed by atoms with van der Waals surface area (Å²) in [5.74, 6) is 0.0822. The molecule has 98 valence electrons. The molecule has 0 fully saturated rings. The van der Waals surface area contributed by atoms with Crippen LogP contribution in [0, 0.1) is 5.82 Å². The summed E-state index contributed by atoms with van der Waals surface area (Å²) in [5, 5.41) is 5.12. The third-order valence-electron chi connectivity index (χ3n) is 2.37. The van der Waals surface area contributed by atoms with Gasteiger partial charge in [0.1, 0.15) is 11.6 Å². The molecule has 4 nitrogen and oxygen atoms in total. The molecule has 0 radical (unpaired) electrons. The van der Waals surface area contributed by atoms with Crippen LogP contribution in [0.15, 0.2) is 47.1 Å². The van der Waals surface area contributed by atoms with E-state index in [0.29, 0.717) is 11.4 Å². The van der Waals surface area contributed by atoms with Crippen LogP contribution < -0.4 is 10.6 Å². The standard InChI is InChI=1S/C13H11BrFN3O/c14-10-5-6-12(16-8-10)18-13(19)17-7-9-3-1-2-4-11(9)15/h1-6,8H,7H2,(H2,16,17,18,19). The number of pyridine rings is 1. The summed E-state index contributed by atoms with van der Waals surface area (Å²) in [6.07, 6.45) is 1.58. The molecule has 0 atom stereocenters. The summed E-state index contributed by atoms with van der Waals surface area (Å²) < 4.78 is 14.1. The van der Waals surface area contributed by atoms with Crippen molar-refractivity contribution in [2.45, 2.75) is 6.54 Å². The van der Waals surface area contributed by atoms with Crippen LogP contribution in [-0.4, -0.2) is 11.0 Å². The van der Waals surface area contributed by atoms with E-state index in [1.54, 1.807) is 36.5 Å². The van der Waals surface area contributed by atoms with Gasteiger partial charge in [-0.2, -0.15) is 0 Å². The molecule has 0 aliphatic rings. The highest BCUT2D eigenvalue weighted by Crippen LogP contribution is 2.10. The molecular formula is C13H11BrFN3O. The van der Waals surface area contributed by atoms with Crippen molar-refractivity contribution >= 4 is 27.8 Å². The Balaban J connectivity index is 1.88. The van der Waals surface area contributed by atoms with E-state index in [2.05, 4.69) is 31.5 Å². The van der Waals surface area contributed by atoms with Gasteiger partial charge in [0.2, 0.25) is 0 Å². The predicted octanol–water partition coefficient (Wildman–Crippen LogP) is 3.30. The molecule has 0 unspecified atom stereocenters. The molecule has 0 spiro atoms. The van der Waals surface area contributed by atoms with Gasteiger partial charge in [0.15, 0.2) is 0 Å². The molecule has 0 aliphatic heterocycles. The number of amides is 2. The van der Waals surface area contributed by atoms with Crippen molar-refractivity contribution in [3.8, 4) is 0 Å². The predicted molar refractivity (Wildman–Crippen MR) is 74.2 cm³/mol. The number of nitrogens with zero attached hydrogens (tertiary/aromatic N) is 1. The smallest absolute Gasteiger partial charge is 0.320 e. The monoisotopic (exact) mass is 323 g/mol. The van der Waals surface area contributed by atoms with Crippen molar-refractivity contribution in [1.82, 2.24) is 10.3 Å². The molecule has 2 amide bonds. The third-order valence-corrected chi connectivity index (χ3v) is 2.84. The molecule has 2 rings (SSSR count). The highest BCUT2D eigenvalue weighted by atomic mass is 79.9. The van der Waals surface area contributed by atoms with E-state index in [0.717, 1.165) is 4.47 Å². The van der Waals surface area contributed by atoms with E-state index >= 15 is 0 Å². The minimum atomic E-state index is -0.432. The summed E-state index contributed by atoms with van der Waals surface area (Å²) >= 11 is 3.25. The molecule has 0 bridgehead atoms. The summed E-state index contributed by atoms with van der Waals surface area (Å²) in [6.45, 7) is 0.120. The van der Waals surface area contributed by atoms with E-state index in [4.69, 9.17) is 0 Å². The van der Waals surface area contributed by atoms with Gasteiger partial charge in [-0.05, 0) is 34.1 Å². The number of carbonyl (C=O) groups is 1. The van der Waals surface area contributed by atoms with Gasteiger partial charge in [-0.25, -0.2) is 14.2 Å². The number of rotatable bonds is 3. The van der Waals surface area contributed by atoms with Crippen LogP contribution in [0.5, 0.6) is 0 Å². The van der Waals surface area contributed by atoms with Gasteiger partial charge in [0.05, 0.1) is 0 Å². The molecule has 6 heteroatoms. The van der Waals surface area contributed by atoms with Gasteiger partial charge < -0.3 is 5.32 Å². The number of aromatic nitrogens is 1. The zero-order valence-corrected chi connectivity index (χ0v) is 11.4. The van der Waals surface area contributed by atoms with Crippen LogP contribution in [-0.2, 0) is 6.54 Å². The lowest BCUT2D eigenvalue weighted by atomic mass is 10.2. The molecule has 1 aromatic heterocycles. The van der Waals surface area contributed by atoms with Crippen molar-refractivity contribution in [2.24, 2.45) is 0 Å². The van der Waals surface area contributed by atoms with Crippen molar-refractivity contribution in [3.63, 3.8) is 0 Å². The summed E-state index contributed by atoms with van der Waals surface area (Å²) in [7, 11) is 0. The fraction of sp³-hybridized carbons (Fsp3) is 0.0769. The molecular weight excluding hydrogens is 313 g/mol. The lowest BCUT2D eigenvalue weighted by molar-refractivity contribution is 0.251. The van der Waals surface area contributed by atoms with Gasteiger partial charge in [-0.3, -0.25) is 5.32 Å². The Morgan fingerprint density at radius 3 is 2.74 bits per heavy atom. The average Bonchev–Trinajstić information content (AvgIpc) is 2.40. The Hall–Kier alpha value is -1.95. The first kappa shape index (κ1) is 13.5. The maximum atomic E-state index is 13.3. The first-order chi connectivity index (χ1) is 9.15. The maximum Gasteiger partial charge on any atom is 0.320 e. The van der Waals surface area contributed by atoms with Gasteiger partial charge in [-0.1, -0.05) is 18.2 Å². The Labute approximate surface area is 118 Å². The highest BCUT2D eigenvalue weighted by Gasteiger charge is 2.05. The minimum absolute atomic E-state index is 0.120. The molecule has 1 aromatic carbocycles. The number of benzene rings is 1. The van der Waals surface area contributed by atoms with E-state index in [-0.39, 0.29) is 12.4 Å². The Bertz CT molecular complexity index is 574. The first-order valence-corrected chi connectivity index (χ1v) is 6.34. The van der Waals surface area contributed by atoms with Crippen LogP contribution in [0.2, 0.25) is 0 Å². The molecule has 0 saturated heterocycles. The van der Waals surface area contributed by atoms with E-state index in [1.807, 2.05) is 0 Å². The topological polar surface area (TPSA) is 54.0 Å². The Morgan fingerprint density at radius 1 is 1.26 bits per heavy atom. The molecule has 2 aromatic rings. The second-order valence-electron chi connectivity index (χ2n) is 3.76. The lowest BCUT2D eigenvalue weighted by Gasteiger charge is -2.07. The fourth-order valence-corrected chi connectivity index (χ4v) is 1.66.